The van der Waals surface area contributed by atoms with Gasteiger partial charge in [0.05, 0.1) is 0 Å². The highest BCUT2D eigenvalue weighted by Gasteiger charge is 2.32. The largest absolute Gasteiger partial charge is 0.488 e. The molecule has 0 amide bonds. The summed E-state index contributed by atoms with van der Waals surface area (Å²) in [6.07, 6.45) is -3.85. The molecule has 16 heavy (non-hydrogen) atoms. The first-order valence-corrected chi connectivity index (χ1v) is 4.64. The average molecular weight is 235 g/mol. The molecule has 2 N–H and O–H groups in total. The molecule has 0 atom stereocenters. The Kier molecular flexibility index (Phi) is 4.42. The third-order valence-electron chi connectivity index (χ3n) is 1.64. The molecule has 1 aromatic carbocycles. The van der Waals surface area contributed by atoms with E-state index in [1.807, 2.05) is 0 Å². The average Bonchev–Trinajstić information content (AvgIpc) is 2.27. The van der Waals surface area contributed by atoms with Crippen molar-refractivity contribution in [2.24, 2.45) is 5.73 Å². The Morgan fingerprint density at radius 2 is 1.81 bits per heavy atom. The molecular formula is C10H12F3NO2. The van der Waals surface area contributed by atoms with Gasteiger partial charge in [0.25, 0.3) is 0 Å². The van der Waals surface area contributed by atoms with Gasteiger partial charge in [0, 0.05) is 6.54 Å². The van der Waals surface area contributed by atoms with Crippen molar-refractivity contribution in [3.8, 4) is 11.5 Å². The Morgan fingerprint density at radius 3 is 2.38 bits per heavy atom. The van der Waals surface area contributed by atoms with E-state index < -0.39 is 12.8 Å². The van der Waals surface area contributed by atoms with Crippen LogP contribution in [0.25, 0.3) is 0 Å². The Hall–Kier alpha value is -1.43. The van der Waals surface area contributed by atoms with Gasteiger partial charge in [0.15, 0.2) is 18.2 Å². The molecule has 0 bridgehead atoms. The third kappa shape index (κ3) is 3.62. The number of hydrogen-bond acceptors (Lipinski definition) is 3. The van der Waals surface area contributed by atoms with Crippen LogP contribution in [-0.4, -0.2) is 25.9 Å². The first kappa shape index (κ1) is 12.6. The molecule has 0 fully saturated rings. The van der Waals surface area contributed by atoms with Crippen molar-refractivity contribution >= 4 is 0 Å². The maximum Gasteiger partial charge on any atom is 0.427 e. The standard InChI is InChI=1S/C10H12F3NO2/c11-7-10(12,13)16-9-4-2-1-3-8(9)15-6-5-14/h1-4H,5-7,14H2. The second-order valence-electron chi connectivity index (χ2n) is 2.96. The van der Waals surface area contributed by atoms with Crippen LogP contribution in [0.2, 0.25) is 0 Å². The fourth-order valence-electron chi connectivity index (χ4n) is 1.01. The lowest BCUT2D eigenvalue weighted by Crippen LogP contribution is -2.27. The van der Waals surface area contributed by atoms with Crippen molar-refractivity contribution in [3.05, 3.63) is 24.3 Å². The summed E-state index contributed by atoms with van der Waals surface area (Å²) in [6, 6.07) is 5.79. The maximum absolute atomic E-state index is 12.7. The molecule has 0 heterocycles. The molecule has 6 heteroatoms. The topological polar surface area (TPSA) is 44.5 Å². The summed E-state index contributed by atoms with van der Waals surface area (Å²) in [5.41, 5.74) is 5.21. The SMILES string of the molecule is NCCOc1ccccc1OC(F)(F)CF. The number of ether oxygens (including phenoxy) is 2. The van der Waals surface area contributed by atoms with E-state index in [0.29, 0.717) is 0 Å². The minimum atomic E-state index is -3.85. The predicted molar refractivity (Wildman–Crippen MR) is 52.5 cm³/mol. The van der Waals surface area contributed by atoms with Crippen molar-refractivity contribution in [1.29, 1.82) is 0 Å². The van der Waals surface area contributed by atoms with Gasteiger partial charge in [-0.25, -0.2) is 4.39 Å². The summed E-state index contributed by atoms with van der Waals surface area (Å²) in [6.45, 7) is -1.48. The van der Waals surface area contributed by atoms with Crippen molar-refractivity contribution in [2.75, 3.05) is 19.8 Å². The Labute approximate surface area is 91.0 Å². The van der Waals surface area contributed by atoms with E-state index >= 15 is 0 Å². The van der Waals surface area contributed by atoms with Crippen LogP contribution in [-0.2, 0) is 0 Å². The van der Waals surface area contributed by atoms with Crippen LogP contribution in [0.3, 0.4) is 0 Å². The van der Waals surface area contributed by atoms with Gasteiger partial charge in [-0.2, -0.15) is 8.78 Å². The summed E-state index contributed by atoms with van der Waals surface area (Å²) in [7, 11) is 0. The monoisotopic (exact) mass is 235 g/mol. The molecule has 1 rings (SSSR count). The normalized spacial score (nSPS) is 11.2. The van der Waals surface area contributed by atoms with Crippen LogP contribution in [0.5, 0.6) is 11.5 Å². The fraction of sp³-hybridized carbons (Fsp3) is 0.400. The van der Waals surface area contributed by atoms with Gasteiger partial charge in [-0.3, -0.25) is 0 Å². The van der Waals surface area contributed by atoms with E-state index in [-0.39, 0.29) is 24.7 Å². The van der Waals surface area contributed by atoms with E-state index in [1.165, 1.54) is 18.2 Å². The molecule has 3 nitrogen and oxygen atoms in total. The van der Waals surface area contributed by atoms with E-state index in [2.05, 4.69) is 4.74 Å². The predicted octanol–water partition coefficient (Wildman–Crippen LogP) is 1.97. The van der Waals surface area contributed by atoms with E-state index in [4.69, 9.17) is 10.5 Å². The molecule has 0 spiro atoms. The van der Waals surface area contributed by atoms with Crippen LogP contribution >= 0.6 is 0 Å². The summed E-state index contributed by atoms with van der Waals surface area (Å²) < 4.78 is 46.5. The van der Waals surface area contributed by atoms with E-state index in [0.717, 1.165) is 0 Å². The quantitative estimate of drug-likeness (QED) is 0.819. The summed E-state index contributed by atoms with van der Waals surface area (Å²) in [5.74, 6) is -0.0975. The molecule has 0 aliphatic heterocycles. The molecule has 0 aromatic heterocycles. The molecule has 0 unspecified atom stereocenters. The Morgan fingerprint density at radius 1 is 1.19 bits per heavy atom. The Bertz CT molecular complexity index is 334. The first-order chi connectivity index (χ1) is 7.59. The summed E-state index contributed by atoms with van der Waals surface area (Å²) >= 11 is 0. The number of nitrogens with two attached hydrogens (primary N) is 1. The summed E-state index contributed by atoms with van der Waals surface area (Å²) in [4.78, 5) is 0. The number of halogens is 3. The fourth-order valence-corrected chi connectivity index (χ4v) is 1.01. The van der Waals surface area contributed by atoms with Crippen LogP contribution in [0.1, 0.15) is 0 Å². The highest BCUT2D eigenvalue weighted by atomic mass is 19.3. The minimum absolute atomic E-state index is 0.112. The van der Waals surface area contributed by atoms with E-state index in [1.54, 1.807) is 6.07 Å². The lowest BCUT2D eigenvalue weighted by Gasteiger charge is -2.17. The van der Waals surface area contributed by atoms with Gasteiger partial charge in [-0.05, 0) is 12.1 Å². The van der Waals surface area contributed by atoms with Crippen LogP contribution in [0.15, 0.2) is 24.3 Å². The van der Waals surface area contributed by atoms with E-state index in [9.17, 15) is 13.2 Å². The van der Waals surface area contributed by atoms with Gasteiger partial charge < -0.3 is 15.2 Å². The number of rotatable bonds is 6. The second-order valence-corrected chi connectivity index (χ2v) is 2.96. The molecule has 0 saturated carbocycles. The Balaban J connectivity index is 2.78. The highest BCUT2D eigenvalue weighted by molar-refractivity contribution is 5.39. The van der Waals surface area contributed by atoms with Gasteiger partial charge in [0.2, 0.25) is 0 Å². The van der Waals surface area contributed by atoms with Crippen molar-refractivity contribution in [1.82, 2.24) is 0 Å². The molecule has 90 valence electrons. The molecule has 0 aliphatic rings. The van der Waals surface area contributed by atoms with Gasteiger partial charge >= 0.3 is 6.11 Å². The lowest BCUT2D eigenvalue weighted by atomic mass is 10.3. The van der Waals surface area contributed by atoms with Crippen molar-refractivity contribution < 1.29 is 22.6 Å². The van der Waals surface area contributed by atoms with Crippen molar-refractivity contribution in [3.63, 3.8) is 0 Å². The molecular weight excluding hydrogens is 223 g/mol. The molecule has 0 saturated heterocycles. The zero-order valence-electron chi connectivity index (χ0n) is 8.46. The molecule has 1 aromatic rings. The van der Waals surface area contributed by atoms with Gasteiger partial charge in [-0.1, -0.05) is 12.1 Å². The highest BCUT2D eigenvalue weighted by Crippen LogP contribution is 2.31. The van der Waals surface area contributed by atoms with Gasteiger partial charge in [-0.15, -0.1) is 0 Å². The molecule has 0 radical (unpaired) electrons. The van der Waals surface area contributed by atoms with Crippen LogP contribution in [0, 0.1) is 0 Å². The smallest absolute Gasteiger partial charge is 0.427 e. The number of hydrogen-bond donors (Lipinski definition) is 1. The zero-order chi connectivity index (χ0) is 12.0. The summed E-state index contributed by atoms with van der Waals surface area (Å²) in [5, 5.41) is 0. The maximum atomic E-state index is 12.7. The number of para-hydroxylation sites is 2. The lowest BCUT2D eigenvalue weighted by molar-refractivity contribution is -0.187. The molecule has 0 aliphatic carbocycles. The third-order valence-corrected chi connectivity index (χ3v) is 1.64. The van der Waals surface area contributed by atoms with Crippen LogP contribution in [0.4, 0.5) is 13.2 Å². The number of alkyl halides is 3. The number of benzene rings is 1. The van der Waals surface area contributed by atoms with Crippen LogP contribution < -0.4 is 15.2 Å². The van der Waals surface area contributed by atoms with Crippen molar-refractivity contribution in [2.45, 2.75) is 6.11 Å². The second kappa shape index (κ2) is 5.60. The first-order valence-electron chi connectivity index (χ1n) is 4.64. The van der Waals surface area contributed by atoms with Gasteiger partial charge in [0.1, 0.15) is 6.61 Å². The minimum Gasteiger partial charge on any atom is -0.488 e. The zero-order valence-corrected chi connectivity index (χ0v) is 8.46.